The molecule has 1 aromatic rings. The highest BCUT2D eigenvalue weighted by Gasteiger charge is 2.08. The van der Waals surface area contributed by atoms with Crippen molar-refractivity contribution in [2.45, 2.75) is 32.4 Å². The maximum absolute atomic E-state index is 11.1. The Hall–Kier alpha value is -0.910. The summed E-state index contributed by atoms with van der Waals surface area (Å²) < 4.78 is 4.62. The maximum atomic E-state index is 11.1. The lowest BCUT2D eigenvalue weighted by molar-refractivity contribution is -0.139. The molecular weight excluding hydrogens is 238 g/mol. The molecule has 1 rings (SSSR count). The van der Waals surface area contributed by atoms with Crippen molar-refractivity contribution in [3.05, 3.63) is 21.9 Å². The molecule has 0 aliphatic heterocycles. The minimum atomic E-state index is -0.215. The summed E-state index contributed by atoms with van der Waals surface area (Å²) in [6.07, 6.45) is 1.23. The van der Waals surface area contributed by atoms with Crippen LogP contribution in [-0.4, -0.2) is 30.8 Å². The van der Waals surface area contributed by atoms with Crippen LogP contribution >= 0.6 is 11.3 Å². The van der Waals surface area contributed by atoms with E-state index in [0.717, 1.165) is 22.7 Å². The third-order valence-corrected chi connectivity index (χ3v) is 3.63. The summed E-state index contributed by atoms with van der Waals surface area (Å²) >= 11 is 1.59. The van der Waals surface area contributed by atoms with Gasteiger partial charge in [0.05, 0.1) is 20.1 Å². The molecule has 0 radical (unpaired) electrons. The van der Waals surface area contributed by atoms with Crippen molar-refractivity contribution in [1.29, 1.82) is 0 Å². The van der Waals surface area contributed by atoms with Gasteiger partial charge in [0.2, 0.25) is 0 Å². The number of aliphatic hydroxyl groups excluding tert-OH is 1. The average molecular weight is 257 g/mol. The summed E-state index contributed by atoms with van der Waals surface area (Å²) in [5.41, 5.74) is 0. The Labute approximate surface area is 106 Å². The van der Waals surface area contributed by atoms with E-state index < -0.39 is 0 Å². The van der Waals surface area contributed by atoms with E-state index in [1.165, 1.54) is 7.11 Å². The number of nitrogens with one attached hydrogen (secondary N) is 1. The Balaban J connectivity index is 2.42. The topological polar surface area (TPSA) is 58.6 Å². The van der Waals surface area contributed by atoms with Crippen LogP contribution in [0.3, 0.4) is 0 Å². The normalized spacial score (nSPS) is 12.4. The Kier molecular flexibility index (Phi) is 6.18. The number of ether oxygens (including phenoxy) is 1. The van der Waals surface area contributed by atoms with Crippen LogP contribution in [0, 0.1) is 0 Å². The Bertz CT molecular complexity index is 347. The van der Waals surface area contributed by atoms with E-state index in [0.29, 0.717) is 6.42 Å². The second-order valence-corrected chi connectivity index (χ2v) is 5.04. The first kappa shape index (κ1) is 14.2. The van der Waals surface area contributed by atoms with Crippen LogP contribution in [-0.2, 0) is 22.5 Å². The molecule has 0 aliphatic carbocycles. The summed E-state index contributed by atoms with van der Waals surface area (Å²) in [6.45, 7) is 2.91. The molecular formula is C12H19NO3S. The zero-order chi connectivity index (χ0) is 12.7. The Morgan fingerprint density at radius 2 is 2.24 bits per heavy atom. The fraction of sp³-hybridized carbons (Fsp3) is 0.583. The summed E-state index contributed by atoms with van der Waals surface area (Å²) in [4.78, 5) is 13.3. The number of methoxy groups -OCH3 is 1. The van der Waals surface area contributed by atoms with Gasteiger partial charge in [-0.25, -0.2) is 0 Å². The van der Waals surface area contributed by atoms with Gasteiger partial charge in [-0.3, -0.25) is 4.79 Å². The molecule has 0 fully saturated rings. The van der Waals surface area contributed by atoms with Crippen molar-refractivity contribution in [3.8, 4) is 0 Å². The second kappa shape index (κ2) is 7.42. The van der Waals surface area contributed by atoms with Crippen molar-refractivity contribution in [3.63, 3.8) is 0 Å². The monoisotopic (exact) mass is 257 g/mol. The van der Waals surface area contributed by atoms with Crippen LogP contribution in [0.1, 0.15) is 23.1 Å². The van der Waals surface area contributed by atoms with Crippen molar-refractivity contribution in [2.24, 2.45) is 0 Å². The molecule has 0 aromatic carbocycles. The lowest BCUT2D eigenvalue weighted by Crippen LogP contribution is -2.30. The summed E-state index contributed by atoms with van der Waals surface area (Å²) in [7, 11) is 1.39. The van der Waals surface area contributed by atoms with E-state index in [9.17, 15) is 4.79 Å². The van der Waals surface area contributed by atoms with E-state index in [1.54, 1.807) is 11.3 Å². The van der Waals surface area contributed by atoms with Gasteiger partial charge in [-0.2, -0.15) is 0 Å². The summed E-state index contributed by atoms with van der Waals surface area (Å²) in [5, 5.41) is 12.3. The fourth-order valence-electron chi connectivity index (χ4n) is 1.41. The quantitative estimate of drug-likeness (QED) is 0.723. The number of carbonyl (C=O) groups excluding carboxylic acids is 1. The van der Waals surface area contributed by atoms with E-state index in [4.69, 9.17) is 5.11 Å². The molecule has 0 bridgehead atoms. The molecule has 96 valence electrons. The van der Waals surface area contributed by atoms with Gasteiger partial charge in [0, 0.05) is 22.3 Å². The van der Waals surface area contributed by atoms with Gasteiger partial charge < -0.3 is 15.2 Å². The van der Waals surface area contributed by atoms with E-state index >= 15 is 0 Å². The van der Waals surface area contributed by atoms with Gasteiger partial charge in [-0.1, -0.05) is 6.92 Å². The molecule has 1 aromatic heterocycles. The van der Waals surface area contributed by atoms with Crippen LogP contribution in [0.25, 0.3) is 0 Å². The predicted molar refractivity (Wildman–Crippen MR) is 68.0 cm³/mol. The molecule has 0 amide bonds. The maximum Gasteiger partial charge on any atom is 0.310 e. The third kappa shape index (κ3) is 4.85. The van der Waals surface area contributed by atoms with Crippen molar-refractivity contribution < 1.29 is 14.6 Å². The molecule has 0 saturated heterocycles. The number of thiophene rings is 1. The Morgan fingerprint density at radius 1 is 1.53 bits per heavy atom. The SMILES string of the molecule is CC[C@@H](CO)NCc1ccc(CC(=O)OC)s1. The van der Waals surface area contributed by atoms with Crippen LogP contribution in [0.15, 0.2) is 12.1 Å². The highest BCUT2D eigenvalue weighted by Crippen LogP contribution is 2.17. The third-order valence-electron chi connectivity index (χ3n) is 2.54. The number of aliphatic hydroxyl groups is 1. The van der Waals surface area contributed by atoms with Gasteiger partial charge in [0.25, 0.3) is 0 Å². The van der Waals surface area contributed by atoms with Gasteiger partial charge >= 0.3 is 5.97 Å². The van der Waals surface area contributed by atoms with Gasteiger partial charge in [-0.15, -0.1) is 11.3 Å². The van der Waals surface area contributed by atoms with E-state index in [-0.39, 0.29) is 18.6 Å². The molecule has 0 saturated carbocycles. The van der Waals surface area contributed by atoms with Crippen LogP contribution < -0.4 is 5.32 Å². The lowest BCUT2D eigenvalue weighted by atomic mass is 10.2. The minimum absolute atomic E-state index is 0.140. The van der Waals surface area contributed by atoms with Crippen LogP contribution in [0.5, 0.6) is 0 Å². The summed E-state index contributed by atoms with van der Waals surface area (Å²) in [5.74, 6) is -0.215. The zero-order valence-electron chi connectivity index (χ0n) is 10.2. The number of carbonyl (C=O) groups is 1. The number of hydrogen-bond acceptors (Lipinski definition) is 5. The van der Waals surface area contributed by atoms with E-state index in [2.05, 4.69) is 10.1 Å². The first-order valence-electron chi connectivity index (χ1n) is 5.68. The van der Waals surface area contributed by atoms with Crippen LogP contribution in [0.4, 0.5) is 0 Å². The summed E-state index contributed by atoms with van der Waals surface area (Å²) in [6, 6.07) is 4.08. The molecule has 0 spiro atoms. The molecule has 1 atom stereocenters. The first-order valence-corrected chi connectivity index (χ1v) is 6.49. The highest BCUT2D eigenvalue weighted by atomic mass is 32.1. The smallest absolute Gasteiger partial charge is 0.310 e. The molecule has 17 heavy (non-hydrogen) atoms. The molecule has 0 aliphatic rings. The van der Waals surface area contributed by atoms with E-state index in [1.807, 2.05) is 19.1 Å². The lowest BCUT2D eigenvalue weighted by Gasteiger charge is -2.12. The molecule has 0 unspecified atom stereocenters. The minimum Gasteiger partial charge on any atom is -0.469 e. The number of hydrogen-bond donors (Lipinski definition) is 2. The van der Waals surface area contributed by atoms with Crippen molar-refractivity contribution in [1.82, 2.24) is 5.32 Å². The molecule has 5 heteroatoms. The largest absolute Gasteiger partial charge is 0.469 e. The Morgan fingerprint density at radius 3 is 2.82 bits per heavy atom. The van der Waals surface area contributed by atoms with Crippen molar-refractivity contribution in [2.75, 3.05) is 13.7 Å². The standard InChI is InChI=1S/C12H19NO3S/c1-3-9(8-14)13-7-11-5-4-10(17-11)6-12(15)16-2/h4-5,9,13-14H,3,6-8H2,1-2H3/t9-/m0/s1. The fourth-order valence-corrected chi connectivity index (χ4v) is 2.36. The number of rotatable bonds is 7. The highest BCUT2D eigenvalue weighted by molar-refractivity contribution is 7.12. The zero-order valence-corrected chi connectivity index (χ0v) is 11.0. The predicted octanol–water partition coefficient (Wildman–Crippen LogP) is 1.32. The van der Waals surface area contributed by atoms with Gasteiger partial charge in [0.1, 0.15) is 0 Å². The van der Waals surface area contributed by atoms with Crippen LogP contribution in [0.2, 0.25) is 0 Å². The number of esters is 1. The van der Waals surface area contributed by atoms with Gasteiger partial charge in [0.15, 0.2) is 0 Å². The first-order chi connectivity index (χ1) is 8.19. The van der Waals surface area contributed by atoms with Crippen molar-refractivity contribution >= 4 is 17.3 Å². The molecule has 1 heterocycles. The second-order valence-electron chi connectivity index (χ2n) is 3.79. The van der Waals surface area contributed by atoms with Gasteiger partial charge in [-0.05, 0) is 18.6 Å². The molecule has 4 nitrogen and oxygen atoms in total. The molecule has 2 N–H and O–H groups in total. The average Bonchev–Trinajstić information content (AvgIpc) is 2.78.